The summed E-state index contributed by atoms with van der Waals surface area (Å²) >= 11 is 7.44. The fraction of sp³-hybridized carbons (Fsp3) is 0.455. The van der Waals surface area contributed by atoms with Crippen LogP contribution < -0.4 is 5.32 Å². The summed E-state index contributed by atoms with van der Waals surface area (Å²) in [5, 5.41) is 6.54. The van der Waals surface area contributed by atoms with Crippen LogP contribution in [-0.2, 0) is 4.74 Å². The quantitative estimate of drug-likeness (QED) is 0.849. The number of hydrogen-bond donors (Lipinski definition) is 1. The normalized spacial score (nSPS) is 12.9. The maximum Gasteiger partial charge on any atom is 0.225 e. The first-order valence-corrected chi connectivity index (χ1v) is 6.71. The van der Waals surface area contributed by atoms with Crippen molar-refractivity contribution in [3.8, 4) is 0 Å². The molecule has 0 fully saturated rings. The lowest BCUT2D eigenvalue weighted by Crippen LogP contribution is -2.22. The van der Waals surface area contributed by atoms with E-state index in [9.17, 15) is 0 Å². The van der Waals surface area contributed by atoms with Crippen molar-refractivity contribution in [2.24, 2.45) is 0 Å². The predicted molar refractivity (Wildman–Crippen MR) is 72.0 cm³/mol. The number of thiophene rings is 1. The molecule has 0 saturated carbocycles. The van der Waals surface area contributed by atoms with Crippen LogP contribution >= 0.6 is 22.9 Å². The minimum atomic E-state index is 0.184. The number of aromatic nitrogens is 2. The monoisotopic (exact) mass is 271 g/mol. The van der Waals surface area contributed by atoms with E-state index in [1.165, 1.54) is 0 Å². The molecule has 0 aliphatic carbocycles. The van der Waals surface area contributed by atoms with Crippen molar-refractivity contribution in [3.05, 3.63) is 16.7 Å². The van der Waals surface area contributed by atoms with Crippen molar-refractivity contribution in [2.75, 3.05) is 18.5 Å². The Morgan fingerprint density at radius 3 is 3.12 bits per heavy atom. The summed E-state index contributed by atoms with van der Waals surface area (Å²) in [6, 6.07) is 2.18. The summed E-state index contributed by atoms with van der Waals surface area (Å²) in [6.45, 7) is 5.38. The molecule has 4 nitrogen and oxygen atoms in total. The van der Waals surface area contributed by atoms with Crippen LogP contribution in [-0.4, -0.2) is 29.2 Å². The summed E-state index contributed by atoms with van der Waals surface area (Å²) in [4.78, 5) is 9.28. The molecule has 0 aliphatic heterocycles. The highest BCUT2D eigenvalue weighted by atomic mass is 35.5. The van der Waals surface area contributed by atoms with Gasteiger partial charge in [0.1, 0.15) is 10.6 Å². The number of nitrogens with zero attached hydrogens (tertiary/aromatic N) is 2. The molecule has 17 heavy (non-hydrogen) atoms. The molecule has 0 aliphatic rings. The molecule has 6 heteroatoms. The molecule has 0 radical (unpaired) electrons. The fourth-order valence-electron chi connectivity index (χ4n) is 1.51. The van der Waals surface area contributed by atoms with Gasteiger partial charge < -0.3 is 10.1 Å². The van der Waals surface area contributed by atoms with Gasteiger partial charge in [-0.3, -0.25) is 0 Å². The molecular weight excluding hydrogens is 258 g/mol. The van der Waals surface area contributed by atoms with E-state index in [0.717, 1.165) is 16.0 Å². The van der Waals surface area contributed by atoms with E-state index < -0.39 is 0 Å². The van der Waals surface area contributed by atoms with Crippen molar-refractivity contribution in [2.45, 2.75) is 19.9 Å². The Bertz CT molecular complexity index is 502. The zero-order valence-corrected chi connectivity index (χ0v) is 11.3. The van der Waals surface area contributed by atoms with Gasteiger partial charge in [-0.05, 0) is 36.9 Å². The predicted octanol–water partition coefficient (Wildman–Crippen LogP) is 3.18. The van der Waals surface area contributed by atoms with Crippen LogP contribution in [0.25, 0.3) is 10.2 Å². The highest BCUT2D eigenvalue weighted by molar-refractivity contribution is 7.16. The molecule has 0 amide bonds. The zero-order valence-electron chi connectivity index (χ0n) is 9.74. The van der Waals surface area contributed by atoms with Gasteiger partial charge >= 0.3 is 0 Å². The maximum absolute atomic E-state index is 5.88. The molecule has 2 heterocycles. The van der Waals surface area contributed by atoms with E-state index in [0.29, 0.717) is 13.2 Å². The zero-order chi connectivity index (χ0) is 12.3. The van der Waals surface area contributed by atoms with E-state index >= 15 is 0 Å². The number of fused-ring (bicyclic) bond motifs is 1. The molecular formula is C11H14ClN3OS. The summed E-state index contributed by atoms with van der Waals surface area (Å²) in [5.74, 6) is 0.772. The molecule has 1 N–H and O–H groups in total. The minimum Gasteiger partial charge on any atom is -0.380 e. The van der Waals surface area contributed by atoms with Gasteiger partial charge in [0.2, 0.25) is 5.28 Å². The molecule has 1 unspecified atom stereocenters. The van der Waals surface area contributed by atoms with Gasteiger partial charge in [-0.2, -0.15) is 0 Å². The van der Waals surface area contributed by atoms with Gasteiger partial charge in [-0.1, -0.05) is 0 Å². The number of rotatable bonds is 5. The van der Waals surface area contributed by atoms with E-state index in [4.69, 9.17) is 16.3 Å². The van der Waals surface area contributed by atoms with Crippen LogP contribution in [0.4, 0.5) is 5.82 Å². The van der Waals surface area contributed by atoms with Crippen LogP contribution in [0.15, 0.2) is 11.4 Å². The summed E-state index contributed by atoms with van der Waals surface area (Å²) in [7, 11) is 0. The number of nitrogens with one attached hydrogen (secondary N) is 1. The first-order chi connectivity index (χ1) is 8.20. The van der Waals surface area contributed by atoms with Crippen LogP contribution in [0.5, 0.6) is 0 Å². The van der Waals surface area contributed by atoms with Crippen LogP contribution in [0.3, 0.4) is 0 Å². The van der Waals surface area contributed by atoms with Crippen LogP contribution in [0.1, 0.15) is 13.8 Å². The van der Waals surface area contributed by atoms with Gasteiger partial charge in [0.25, 0.3) is 0 Å². The Kier molecular flexibility index (Phi) is 4.15. The molecule has 0 spiro atoms. The van der Waals surface area contributed by atoms with Gasteiger partial charge in [0.05, 0.1) is 12.0 Å². The minimum absolute atomic E-state index is 0.184. The third-order valence-electron chi connectivity index (χ3n) is 2.25. The highest BCUT2D eigenvalue weighted by Gasteiger charge is 2.10. The average molecular weight is 272 g/mol. The van der Waals surface area contributed by atoms with Gasteiger partial charge in [0.15, 0.2) is 0 Å². The standard InChI is InChI=1S/C11H14ClN3OS/c1-3-16-6-7(2)13-9-8-4-5-17-10(8)15-11(12)14-9/h4-5,7H,3,6H2,1-2H3,(H,13,14,15). The third kappa shape index (κ3) is 3.06. The molecule has 0 bridgehead atoms. The van der Waals surface area contributed by atoms with Crippen molar-refractivity contribution >= 4 is 39.0 Å². The largest absolute Gasteiger partial charge is 0.380 e. The lowest BCUT2D eigenvalue weighted by molar-refractivity contribution is 0.141. The Morgan fingerprint density at radius 1 is 1.53 bits per heavy atom. The summed E-state index contributed by atoms with van der Waals surface area (Å²) in [5.41, 5.74) is 0. The van der Waals surface area contributed by atoms with E-state index in [2.05, 4.69) is 15.3 Å². The number of ether oxygens (including phenoxy) is 1. The number of halogens is 1. The molecule has 1 atom stereocenters. The van der Waals surface area contributed by atoms with E-state index in [1.54, 1.807) is 11.3 Å². The van der Waals surface area contributed by atoms with E-state index in [1.807, 2.05) is 25.3 Å². The molecule has 2 aromatic heterocycles. The Morgan fingerprint density at radius 2 is 2.35 bits per heavy atom. The summed E-state index contributed by atoms with van der Waals surface area (Å²) < 4.78 is 5.35. The van der Waals surface area contributed by atoms with Crippen LogP contribution in [0, 0.1) is 0 Å². The molecule has 0 aromatic carbocycles. The van der Waals surface area contributed by atoms with E-state index in [-0.39, 0.29) is 11.3 Å². The fourth-order valence-corrected chi connectivity index (χ4v) is 2.49. The molecule has 2 aromatic rings. The van der Waals surface area contributed by atoms with Crippen molar-refractivity contribution in [3.63, 3.8) is 0 Å². The molecule has 2 rings (SSSR count). The second-order valence-corrected chi connectivity index (χ2v) is 4.92. The first kappa shape index (κ1) is 12.5. The average Bonchev–Trinajstić information content (AvgIpc) is 2.74. The van der Waals surface area contributed by atoms with Crippen molar-refractivity contribution in [1.29, 1.82) is 0 Å². The SMILES string of the molecule is CCOCC(C)Nc1nc(Cl)nc2sccc12. The Balaban J connectivity index is 2.19. The molecule has 0 saturated heterocycles. The topological polar surface area (TPSA) is 47.0 Å². The first-order valence-electron chi connectivity index (χ1n) is 5.45. The second-order valence-electron chi connectivity index (χ2n) is 3.69. The van der Waals surface area contributed by atoms with Crippen molar-refractivity contribution in [1.82, 2.24) is 9.97 Å². The molecule has 92 valence electrons. The number of hydrogen-bond acceptors (Lipinski definition) is 5. The second kappa shape index (κ2) is 5.62. The van der Waals surface area contributed by atoms with Gasteiger partial charge in [0, 0.05) is 12.6 Å². The lowest BCUT2D eigenvalue weighted by Gasteiger charge is -2.14. The lowest BCUT2D eigenvalue weighted by atomic mass is 10.3. The smallest absolute Gasteiger partial charge is 0.225 e. The Labute approximate surface area is 109 Å². The van der Waals surface area contributed by atoms with Gasteiger partial charge in [-0.15, -0.1) is 11.3 Å². The third-order valence-corrected chi connectivity index (χ3v) is 3.23. The Hall–Kier alpha value is -0.910. The summed E-state index contributed by atoms with van der Waals surface area (Å²) in [6.07, 6.45) is 0. The number of anilines is 1. The highest BCUT2D eigenvalue weighted by Crippen LogP contribution is 2.26. The van der Waals surface area contributed by atoms with Crippen molar-refractivity contribution < 1.29 is 4.74 Å². The maximum atomic E-state index is 5.88. The van der Waals surface area contributed by atoms with Crippen LogP contribution in [0.2, 0.25) is 5.28 Å². The van der Waals surface area contributed by atoms with Gasteiger partial charge in [-0.25, -0.2) is 9.97 Å².